The largest absolute Gasteiger partial charge is 0.370 e. The van der Waals surface area contributed by atoms with Crippen LogP contribution in [0.3, 0.4) is 0 Å². The summed E-state index contributed by atoms with van der Waals surface area (Å²) in [5.74, 6) is -0.118. The standard InChI is InChI=1S/C25H30N4O3/c30-23(27-15-22-9-10-25(32-22)11-13-26-14-12-25)18-5-7-21(8-6-18)28-24(31)29-16-19-3-1-2-4-20(19)17-29/h1-8,22,26H,9-17H2,(H,27,30)(H,28,31). The lowest BCUT2D eigenvalue weighted by Crippen LogP contribution is -2.43. The van der Waals surface area contributed by atoms with Gasteiger partial charge in [-0.1, -0.05) is 24.3 Å². The molecule has 32 heavy (non-hydrogen) atoms. The van der Waals surface area contributed by atoms with Crippen LogP contribution in [-0.4, -0.2) is 48.2 Å². The minimum Gasteiger partial charge on any atom is -0.370 e. The molecule has 1 unspecified atom stereocenters. The molecular weight excluding hydrogens is 404 g/mol. The van der Waals surface area contributed by atoms with Gasteiger partial charge in [-0.25, -0.2) is 4.79 Å². The highest BCUT2D eigenvalue weighted by Gasteiger charge is 2.40. The van der Waals surface area contributed by atoms with E-state index in [0.29, 0.717) is 30.9 Å². The Bertz CT molecular complexity index is 960. The number of rotatable bonds is 4. The molecular formula is C25H30N4O3. The van der Waals surface area contributed by atoms with Crippen LogP contribution < -0.4 is 16.0 Å². The zero-order valence-corrected chi connectivity index (χ0v) is 18.2. The summed E-state index contributed by atoms with van der Waals surface area (Å²) in [6.07, 6.45) is 4.25. The SMILES string of the molecule is O=C(NCC1CCC2(CCNCC2)O1)c1ccc(NC(=O)N2Cc3ccccc3C2)cc1. The van der Waals surface area contributed by atoms with Crippen molar-refractivity contribution in [3.8, 4) is 0 Å². The number of hydrogen-bond acceptors (Lipinski definition) is 4. The quantitative estimate of drug-likeness (QED) is 0.690. The van der Waals surface area contributed by atoms with E-state index in [9.17, 15) is 9.59 Å². The highest BCUT2D eigenvalue weighted by Crippen LogP contribution is 2.37. The van der Waals surface area contributed by atoms with Gasteiger partial charge in [0.15, 0.2) is 0 Å². The van der Waals surface area contributed by atoms with Crippen molar-refractivity contribution in [2.24, 2.45) is 0 Å². The molecule has 3 aliphatic heterocycles. The monoisotopic (exact) mass is 434 g/mol. The highest BCUT2D eigenvalue weighted by atomic mass is 16.5. The van der Waals surface area contributed by atoms with E-state index in [4.69, 9.17) is 4.74 Å². The second-order valence-corrected chi connectivity index (χ2v) is 9.05. The Hall–Kier alpha value is -2.90. The summed E-state index contributed by atoms with van der Waals surface area (Å²) in [5.41, 5.74) is 3.64. The van der Waals surface area contributed by atoms with E-state index in [1.54, 1.807) is 29.2 Å². The molecule has 2 fully saturated rings. The first-order valence-electron chi connectivity index (χ1n) is 11.5. The van der Waals surface area contributed by atoms with Crippen molar-refractivity contribution in [1.82, 2.24) is 15.5 Å². The molecule has 1 spiro atoms. The first-order valence-corrected chi connectivity index (χ1v) is 11.5. The van der Waals surface area contributed by atoms with Crippen molar-refractivity contribution in [3.63, 3.8) is 0 Å². The van der Waals surface area contributed by atoms with Gasteiger partial charge in [-0.3, -0.25) is 4.79 Å². The van der Waals surface area contributed by atoms with Gasteiger partial charge in [-0.15, -0.1) is 0 Å². The van der Waals surface area contributed by atoms with E-state index in [1.165, 1.54) is 11.1 Å². The van der Waals surface area contributed by atoms with Crippen molar-refractivity contribution < 1.29 is 14.3 Å². The van der Waals surface area contributed by atoms with Crippen LogP contribution in [0, 0.1) is 0 Å². The van der Waals surface area contributed by atoms with Crippen LogP contribution >= 0.6 is 0 Å². The average Bonchev–Trinajstić information content (AvgIpc) is 3.43. The fourth-order valence-electron chi connectivity index (χ4n) is 4.98. The lowest BCUT2D eigenvalue weighted by Gasteiger charge is -2.33. The van der Waals surface area contributed by atoms with Crippen LogP contribution in [0.25, 0.3) is 0 Å². The second kappa shape index (κ2) is 8.92. The molecule has 2 aromatic carbocycles. The fraction of sp³-hybridized carbons (Fsp3) is 0.440. The van der Waals surface area contributed by atoms with E-state index in [0.717, 1.165) is 38.8 Å². The van der Waals surface area contributed by atoms with E-state index < -0.39 is 0 Å². The smallest absolute Gasteiger partial charge is 0.322 e. The van der Waals surface area contributed by atoms with Gasteiger partial charge in [-0.05, 0) is 74.2 Å². The van der Waals surface area contributed by atoms with Crippen molar-refractivity contribution in [2.45, 2.75) is 50.5 Å². The molecule has 0 saturated carbocycles. The number of benzene rings is 2. The van der Waals surface area contributed by atoms with E-state index in [-0.39, 0.29) is 23.6 Å². The first kappa shape index (κ1) is 21.0. The van der Waals surface area contributed by atoms with E-state index >= 15 is 0 Å². The molecule has 3 aliphatic rings. The number of hydrogen-bond donors (Lipinski definition) is 3. The van der Waals surface area contributed by atoms with Gasteiger partial charge in [-0.2, -0.15) is 0 Å². The predicted octanol–water partition coefficient (Wildman–Crippen LogP) is 3.27. The maximum atomic E-state index is 12.6. The van der Waals surface area contributed by atoms with Crippen LogP contribution in [0.1, 0.15) is 47.2 Å². The molecule has 7 nitrogen and oxygen atoms in total. The van der Waals surface area contributed by atoms with Gasteiger partial charge in [0.2, 0.25) is 0 Å². The zero-order chi connectivity index (χ0) is 22.0. The van der Waals surface area contributed by atoms with Crippen LogP contribution in [0.5, 0.6) is 0 Å². The minimum absolute atomic E-state index is 0.0111. The number of piperidine rings is 1. The maximum Gasteiger partial charge on any atom is 0.322 e. The van der Waals surface area contributed by atoms with Crippen LogP contribution in [0.15, 0.2) is 48.5 Å². The Labute approximate surface area is 188 Å². The molecule has 3 amide bonds. The minimum atomic E-state index is -0.136. The molecule has 2 aromatic rings. The van der Waals surface area contributed by atoms with Crippen molar-refractivity contribution >= 4 is 17.6 Å². The molecule has 0 aliphatic carbocycles. The Balaban J connectivity index is 1.10. The van der Waals surface area contributed by atoms with Crippen molar-refractivity contribution in [1.29, 1.82) is 0 Å². The molecule has 7 heteroatoms. The van der Waals surface area contributed by atoms with Crippen molar-refractivity contribution in [3.05, 3.63) is 65.2 Å². The third kappa shape index (κ3) is 4.49. The number of nitrogens with one attached hydrogen (secondary N) is 3. The topological polar surface area (TPSA) is 82.7 Å². The molecule has 0 radical (unpaired) electrons. The second-order valence-electron chi connectivity index (χ2n) is 9.05. The third-order valence-electron chi connectivity index (χ3n) is 6.87. The summed E-state index contributed by atoms with van der Waals surface area (Å²) >= 11 is 0. The molecule has 1 atom stereocenters. The van der Waals surface area contributed by atoms with Gasteiger partial charge in [0, 0.05) is 30.9 Å². The summed E-state index contributed by atoms with van der Waals surface area (Å²) in [6.45, 7) is 3.77. The van der Waals surface area contributed by atoms with E-state index in [2.05, 4.69) is 28.1 Å². The number of fused-ring (bicyclic) bond motifs is 1. The molecule has 5 rings (SSSR count). The number of amides is 3. The van der Waals surface area contributed by atoms with Gasteiger partial charge >= 0.3 is 6.03 Å². The van der Waals surface area contributed by atoms with E-state index in [1.807, 2.05) is 12.1 Å². The van der Waals surface area contributed by atoms with Crippen LogP contribution in [0.2, 0.25) is 0 Å². The Kier molecular flexibility index (Phi) is 5.85. The first-order chi connectivity index (χ1) is 15.6. The summed E-state index contributed by atoms with van der Waals surface area (Å²) in [5, 5.41) is 9.31. The molecule has 3 N–H and O–H groups in total. The molecule has 3 heterocycles. The van der Waals surface area contributed by atoms with Crippen LogP contribution in [-0.2, 0) is 17.8 Å². The molecule has 0 bridgehead atoms. The Morgan fingerprint density at radius 2 is 1.69 bits per heavy atom. The van der Waals surface area contributed by atoms with Gasteiger partial charge in [0.1, 0.15) is 0 Å². The van der Waals surface area contributed by atoms with Crippen molar-refractivity contribution in [2.75, 3.05) is 25.0 Å². The molecule has 0 aromatic heterocycles. The van der Waals surface area contributed by atoms with Gasteiger partial charge in [0.05, 0.1) is 11.7 Å². The number of anilines is 1. The fourth-order valence-corrected chi connectivity index (χ4v) is 4.98. The molecule has 2 saturated heterocycles. The molecule has 168 valence electrons. The number of carbonyl (C=O) groups excluding carboxylic acids is 2. The normalized spacial score (nSPS) is 21.4. The summed E-state index contributed by atoms with van der Waals surface area (Å²) in [7, 11) is 0. The lowest BCUT2D eigenvalue weighted by atomic mass is 9.89. The number of ether oxygens (including phenoxy) is 1. The summed E-state index contributed by atoms with van der Waals surface area (Å²) in [6, 6.07) is 15.0. The Morgan fingerprint density at radius 1 is 1.00 bits per heavy atom. The number of urea groups is 1. The predicted molar refractivity (Wildman–Crippen MR) is 122 cm³/mol. The number of carbonyl (C=O) groups is 2. The Morgan fingerprint density at radius 3 is 2.38 bits per heavy atom. The average molecular weight is 435 g/mol. The van der Waals surface area contributed by atoms with Gasteiger partial charge < -0.3 is 25.6 Å². The zero-order valence-electron chi connectivity index (χ0n) is 18.2. The number of nitrogens with zero attached hydrogens (tertiary/aromatic N) is 1. The van der Waals surface area contributed by atoms with Crippen LogP contribution in [0.4, 0.5) is 10.5 Å². The summed E-state index contributed by atoms with van der Waals surface area (Å²) < 4.78 is 6.30. The van der Waals surface area contributed by atoms with Gasteiger partial charge in [0.25, 0.3) is 5.91 Å². The summed E-state index contributed by atoms with van der Waals surface area (Å²) in [4.78, 5) is 26.9. The maximum absolute atomic E-state index is 12.6. The lowest BCUT2D eigenvalue weighted by molar-refractivity contribution is -0.0576. The highest BCUT2D eigenvalue weighted by molar-refractivity contribution is 5.95. The third-order valence-corrected chi connectivity index (χ3v) is 6.87.